The van der Waals surface area contributed by atoms with Crippen LogP contribution in [0.2, 0.25) is 5.02 Å². The number of carbonyl (C=O) groups excluding carboxylic acids is 1. The summed E-state index contributed by atoms with van der Waals surface area (Å²) in [6.07, 6.45) is 2.21. The third-order valence-corrected chi connectivity index (χ3v) is 4.74. The number of carbonyl (C=O) groups is 1. The molecule has 0 N–H and O–H groups in total. The van der Waals surface area contributed by atoms with Crippen LogP contribution < -0.4 is 4.90 Å². The number of amides is 1. The number of thioether (sulfide) groups is 1. The zero-order valence-corrected chi connectivity index (χ0v) is 13.0. The minimum atomic E-state index is -0.00609. The van der Waals surface area contributed by atoms with Crippen molar-refractivity contribution in [3.8, 4) is 0 Å². The first-order valence-electron chi connectivity index (χ1n) is 6.22. The van der Waals surface area contributed by atoms with Crippen molar-refractivity contribution in [1.82, 2.24) is 0 Å². The van der Waals surface area contributed by atoms with Crippen molar-refractivity contribution in [1.29, 1.82) is 0 Å². The first-order chi connectivity index (χ1) is 9.13. The van der Waals surface area contributed by atoms with E-state index >= 15 is 0 Å². The highest BCUT2D eigenvalue weighted by Gasteiger charge is 2.30. The van der Waals surface area contributed by atoms with E-state index in [4.69, 9.17) is 23.2 Å². The maximum absolute atomic E-state index is 12.3. The van der Waals surface area contributed by atoms with E-state index in [2.05, 4.69) is 6.92 Å². The number of hydrogen-bond donors (Lipinski definition) is 0. The second-order valence-electron chi connectivity index (χ2n) is 4.30. The molecule has 0 atom stereocenters. The summed E-state index contributed by atoms with van der Waals surface area (Å²) in [7, 11) is 0. The van der Waals surface area contributed by atoms with Crippen LogP contribution in [0.25, 0.3) is 0 Å². The Labute approximate surface area is 127 Å². The van der Waals surface area contributed by atoms with Gasteiger partial charge in [-0.2, -0.15) is 0 Å². The maximum Gasteiger partial charge on any atom is 0.266 e. The van der Waals surface area contributed by atoms with Gasteiger partial charge in [0.05, 0.1) is 16.5 Å². The third-order valence-electron chi connectivity index (χ3n) is 2.87. The van der Waals surface area contributed by atoms with Gasteiger partial charge in [0, 0.05) is 10.7 Å². The predicted octanol–water partition coefficient (Wildman–Crippen LogP) is 4.67. The van der Waals surface area contributed by atoms with E-state index in [9.17, 15) is 4.79 Å². The van der Waals surface area contributed by atoms with Crippen LogP contribution in [0.5, 0.6) is 0 Å². The largest absolute Gasteiger partial charge is 0.303 e. The number of nitrogens with zero attached hydrogens (tertiary/aromatic N) is 1. The van der Waals surface area contributed by atoms with E-state index in [0.29, 0.717) is 21.5 Å². The Hall–Kier alpha value is -0.640. The molecule has 5 heteroatoms. The molecular weight excluding hydrogens is 301 g/mol. The molecule has 102 valence electrons. The van der Waals surface area contributed by atoms with Crippen LogP contribution in [0.3, 0.4) is 0 Å². The van der Waals surface area contributed by atoms with E-state index < -0.39 is 0 Å². The molecule has 1 aliphatic rings. The summed E-state index contributed by atoms with van der Waals surface area (Å²) >= 11 is 13.6. The molecule has 0 bridgehead atoms. The Morgan fingerprint density at radius 1 is 1.26 bits per heavy atom. The van der Waals surface area contributed by atoms with Crippen LogP contribution in [-0.4, -0.2) is 18.2 Å². The van der Waals surface area contributed by atoms with Crippen LogP contribution in [0.1, 0.15) is 19.8 Å². The highest BCUT2D eigenvalue weighted by Crippen LogP contribution is 2.34. The molecule has 2 rings (SSSR count). The van der Waals surface area contributed by atoms with Gasteiger partial charge in [0.15, 0.2) is 0 Å². The number of benzene rings is 1. The Morgan fingerprint density at radius 3 is 2.58 bits per heavy atom. The molecular formula is C14H15Cl2NOS. The second kappa shape index (κ2) is 6.69. The predicted molar refractivity (Wildman–Crippen MR) is 84.1 cm³/mol. The summed E-state index contributed by atoms with van der Waals surface area (Å²) in [6.45, 7) is 2.59. The molecule has 0 saturated carbocycles. The molecule has 1 aromatic rings. The SMILES string of the molecule is CCCCSC1=C(Cl)CN(c2ccc(Cl)cc2)C1=O. The zero-order chi connectivity index (χ0) is 13.8. The van der Waals surface area contributed by atoms with E-state index in [1.165, 1.54) is 0 Å². The second-order valence-corrected chi connectivity index (χ2v) is 6.30. The average molecular weight is 316 g/mol. The molecule has 1 heterocycles. The van der Waals surface area contributed by atoms with Crippen LogP contribution >= 0.6 is 35.0 Å². The standard InChI is InChI=1S/C14H15Cl2NOS/c1-2-3-8-19-13-12(16)9-17(14(13)18)11-6-4-10(15)5-7-11/h4-7H,2-3,8-9H2,1H3. The lowest BCUT2D eigenvalue weighted by atomic mass is 10.3. The van der Waals surface area contributed by atoms with Gasteiger partial charge in [-0.25, -0.2) is 0 Å². The van der Waals surface area contributed by atoms with E-state index in [-0.39, 0.29) is 5.91 Å². The molecule has 1 amide bonds. The van der Waals surface area contributed by atoms with Crippen molar-refractivity contribution in [2.24, 2.45) is 0 Å². The van der Waals surface area contributed by atoms with Crippen molar-refractivity contribution < 1.29 is 4.79 Å². The number of hydrogen-bond acceptors (Lipinski definition) is 2. The van der Waals surface area contributed by atoms with Crippen molar-refractivity contribution in [2.45, 2.75) is 19.8 Å². The number of rotatable bonds is 5. The van der Waals surface area contributed by atoms with Gasteiger partial charge >= 0.3 is 0 Å². The molecule has 2 nitrogen and oxygen atoms in total. The smallest absolute Gasteiger partial charge is 0.266 e. The molecule has 0 unspecified atom stereocenters. The van der Waals surface area contributed by atoms with Crippen LogP contribution in [0.4, 0.5) is 5.69 Å². The molecule has 0 saturated heterocycles. The Balaban J connectivity index is 2.08. The summed E-state index contributed by atoms with van der Waals surface area (Å²) in [6, 6.07) is 7.23. The third kappa shape index (κ3) is 3.47. The normalized spacial score (nSPS) is 15.5. The van der Waals surface area contributed by atoms with Crippen molar-refractivity contribution in [3.63, 3.8) is 0 Å². The highest BCUT2D eigenvalue weighted by molar-refractivity contribution is 8.04. The number of unbranched alkanes of at least 4 members (excludes halogenated alkanes) is 1. The van der Waals surface area contributed by atoms with E-state index in [0.717, 1.165) is 24.3 Å². The Bertz CT molecular complexity index is 499. The fourth-order valence-corrected chi connectivity index (χ4v) is 3.39. The fraction of sp³-hybridized carbons (Fsp3) is 0.357. The van der Waals surface area contributed by atoms with Gasteiger partial charge in [-0.15, -0.1) is 11.8 Å². The summed E-state index contributed by atoms with van der Waals surface area (Å²) in [5, 5.41) is 1.30. The lowest BCUT2D eigenvalue weighted by Crippen LogP contribution is -2.26. The minimum absolute atomic E-state index is 0.00609. The van der Waals surface area contributed by atoms with Gasteiger partial charge in [0.2, 0.25) is 0 Å². The average Bonchev–Trinajstić information content (AvgIpc) is 2.68. The van der Waals surface area contributed by atoms with Crippen molar-refractivity contribution >= 4 is 46.6 Å². The Morgan fingerprint density at radius 2 is 1.95 bits per heavy atom. The maximum atomic E-state index is 12.3. The van der Waals surface area contributed by atoms with Crippen molar-refractivity contribution in [2.75, 3.05) is 17.2 Å². The van der Waals surface area contributed by atoms with E-state index in [1.807, 2.05) is 12.1 Å². The quantitative estimate of drug-likeness (QED) is 0.736. The molecule has 0 aliphatic carbocycles. The monoisotopic (exact) mass is 315 g/mol. The molecule has 0 spiro atoms. The van der Waals surface area contributed by atoms with Gasteiger partial charge in [-0.05, 0) is 36.4 Å². The molecule has 19 heavy (non-hydrogen) atoms. The lowest BCUT2D eigenvalue weighted by molar-refractivity contribution is -0.113. The lowest BCUT2D eigenvalue weighted by Gasteiger charge is -2.16. The number of halogens is 2. The van der Waals surface area contributed by atoms with Crippen molar-refractivity contribution in [3.05, 3.63) is 39.2 Å². The highest BCUT2D eigenvalue weighted by atomic mass is 35.5. The van der Waals surface area contributed by atoms with Gasteiger partial charge in [0.1, 0.15) is 0 Å². The molecule has 1 aromatic carbocycles. The summed E-state index contributed by atoms with van der Waals surface area (Å²) in [5.74, 6) is 0.927. The molecule has 1 aliphatic heterocycles. The van der Waals surface area contributed by atoms with Gasteiger partial charge in [-0.3, -0.25) is 4.79 Å². The van der Waals surface area contributed by atoms with Crippen LogP contribution in [0.15, 0.2) is 34.2 Å². The molecule has 0 fully saturated rings. The van der Waals surface area contributed by atoms with Gasteiger partial charge < -0.3 is 4.90 Å². The summed E-state index contributed by atoms with van der Waals surface area (Å²) in [4.78, 5) is 14.7. The van der Waals surface area contributed by atoms with Gasteiger partial charge in [-0.1, -0.05) is 36.5 Å². The summed E-state index contributed by atoms with van der Waals surface area (Å²) in [5.41, 5.74) is 0.832. The Kier molecular flexibility index (Phi) is 5.20. The van der Waals surface area contributed by atoms with Crippen LogP contribution in [-0.2, 0) is 4.79 Å². The minimum Gasteiger partial charge on any atom is -0.303 e. The topological polar surface area (TPSA) is 20.3 Å². The molecule has 0 aromatic heterocycles. The van der Waals surface area contributed by atoms with Crippen LogP contribution in [0, 0.1) is 0 Å². The molecule has 0 radical (unpaired) electrons. The first kappa shape index (κ1) is 14.8. The van der Waals surface area contributed by atoms with Gasteiger partial charge in [0.25, 0.3) is 5.91 Å². The van der Waals surface area contributed by atoms with E-state index in [1.54, 1.807) is 28.8 Å². The first-order valence-corrected chi connectivity index (χ1v) is 7.96. The number of anilines is 1. The zero-order valence-electron chi connectivity index (χ0n) is 10.7. The fourth-order valence-electron chi connectivity index (χ4n) is 1.81. The summed E-state index contributed by atoms with van der Waals surface area (Å²) < 4.78 is 0.